The summed E-state index contributed by atoms with van der Waals surface area (Å²) < 4.78 is 18.9. The Kier molecular flexibility index (Phi) is 4.00. The molecule has 0 saturated heterocycles. The van der Waals surface area contributed by atoms with E-state index in [1.807, 2.05) is 19.2 Å². The van der Waals surface area contributed by atoms with Crippen LogP contribution in [0.3, 0.4) is 0 Å². The maximum Gasteiger partial charge on any atom is 0.168 e. The summed E-state index contributed by atoms with van der Waals surface area (Å²) >= 11 is 0. The molecule has 1 aliphatic rings. The van der Waals surface area contributed by atoms with Crippen LogP contribution in [0.1, 0.15) is 24.8 Å². The van der Waals surface area contributed by atoms with Gasteiger partial charge in [-0.2, -0.15) is 0 Å². The second-order valence-electron chi connectivity index (χ2n) is 4.70. The molecule has 2 rings (SSSR count). The lowest BCUT2D eigenvalue weighted by atomic mass is 10.0. The number of hydrogen-bond donors (Lipinski definition) is 1. The first-order valence-corrected chi connectivity index (χ1v) is 6.25. The minimum Gasteiger partial charge on any atom is -0.494 e. The van der Waals surface area contributed by atoms with Gasteiger partial charge in [0.1, 0.15) is 0 Å². The van der Waals surface area contributed by atoms with Crippen molar-refractivity contribution in [3.8, 4) is 5.75 Å². The topological polar surface area (TPSA) is 21.3 Å². The minimum absolute atomic E-state index is 0.208. The predicted molar refractivity (Wildman–Crippen MR) is 66.8 cm³/mol. The summed E-state index contributed by atoms with van der Waals surface area (Å²) in [6.07, 6.45) is 4.38. The lowest BCUT2D eigenvalue weighted by molar-refractivity contribution is 0.382. The average molecular weight is 237 g/mol. The SMILES string of the molecule is CNC(CCc1cccc(OC)c1F)C1CC1. The average Bonchev–Trinajstić information content (AvgIpc) is 3.16. The molecule has 0 amide bonds. The fourth-order valence-electron chi connectivity index (χ4n) is 2.33. The summed E-state index contributed by atoms with van der Waals surface area (Å²) in [6.45, 7) is 0. The van der Waals surface area contributed by atoms with E-state index >= 15 is 0 Å². The molecule has 1 saturated carbocycles. The summed E-state index contributed by atoms with van der Waals surface area (Å²) in [7, 11) is 3.49. The van der Waals surface area contributed by atoms with Gasteiger partial charge in [0, 0.05) is 6.04 Å². The smallest absolute Gasteiger partial charge is 0.168 e. The molecule has 1 aromatic carbocycles. The number of aryl methyl sites for hydroxylation is 1. The molecular formula is C14H20FNO. The van der Waals surface area contributed by atoms with Crippen LogP contribution in [0.4, 0.5) is 4.39 Å². The van der Waals surface area contributed by atoms with E-state index in [2.05, 4.69) is 5.32 Å². The third-order valence-corrected chi connectivity index (χ3v) is 3.55. The van der Waals surface area contributed by atoms with Gasteiger partial charge in [0.15, 0.2) is 11.6 Å². The molecule has 1 aromatic rings. The van der Waals surface area contributed by atoms with Crippen LogP contribution in [0, 0.1) is 11.7 Å². The van der Waals surface area contributed by atoms with Gasteiger partial charge in [0.2, 0.25) is 0 Å². The van der Waals surface area contributed by atoms with Crippen molar-refractivity contribution < 1.29 is 9.13 Å². The van der Waals surface area contributed by atoms with Crippen molar-refractivity contribution in [2.45, 2.75) is 31.7 Å². The number of halogens is 1. The monoisotopic (exact) mass is 237 g/mol. The standard InChI is InChI=1S/C14H20FNO/c1-16-12(10-6-7-10)9-8-11-4-3-5-13(17-2)14(11)15/h3-5,10,12,16H,6-9H2,1-2H3. The highest BCUT2D eigenvalue weighted by atomic mass is 19.1. The molecule has 0 spiro atoms. The molecular weight excluding hydrogens is 217 g/mol. The van der Waals surface area contributed by atoms with Crippen LogP contribution in [0.2, 0.25) is 0 Å². The van der Waals surface area contributed by atoms with E-state index in [4.69, 9.17) is 4.74 Å². The Morgan fingerprint density at radius 2 is 2.24 bits per heavy atom. The second kappa shape index (κ2) is 5.50. The Morgan fingerprint density at radius 1 is 1.47 bits per heavy atom. The fraction of sp³-hybridized carbons (Fsp3) is 0.571. The van der Waals surface area contributed by atoms with Gasteiger partial charge in [-0.1, -0.05) is 12.1 Å². The van der Waals surface area contributed by atoms with E-state index in [1.54, 1.807) is 6.07 Å². The molecule has 1 aliphatic carbocycles. The quantitative estimate of drug-likeness (QED) is 0.821. The molecule has 3 heteroatoms. The number of ether oxygens (including phenoxy) is 1. The molecule has 0 radical (unpaired) electrons. The predicted octanol–water partition coefficient (Wildman–Crippen LogP) is 2.76. The molecule has 1 unspecified atom stereocenters. The zero-order chi connectivity index (χ0) is 12.3. The molecule has 94 valence electrons. The van der Waals surface area contributed by atoms with Crippen LogP contribution >= 0.6 is 0 Å². The van der Waals surface area contributed by atoms with E-state index in [0.29, 0.717) is 11.8 Å². The molecule has 0 aromatic heterocycles. The summed E-state index contributed by atoms with van der Waals surface area (Å²) in [5, 5.41) is 3.33. The van der Waals surface area contributed by atoms with Gasteiger partial charge in [-0.15, -0.1) is 0 Å². The number of hydrogen-bond acceptors (Lipinski definition) is 2. The molecule has 17 heavy (non-hydrogen) atoms. The number of benzene rings is 1. The first kappa shape index (κ1) is 12.4. The highest BCUT2D eigenvalue weighted by Crippen LogP contribution is 2.34. The van der Waals surface area contributed by atoms with Gasteiger partial charge >= 0.3 is 0 Å². The van der Waals surface area contributed by atoms with E-state index in [9.17, 15) is 4.39 Å². The highest BCUT2D eigenvalue weighted by Gasteiger charge is 2.29. The van der Waals surface area contributed by atoms with Crippen molar-refractivity contribution in [2.75, 3.05) is 14.2 Å². The van der Waals surface area contributed by atoms with Gasteiger partial charge < -0.3 is 10.1 Å². The van der Waals surface area contributed by atoms with Gasteiger partial charge in [0.05, 0.1) is 7.11 Å². The molecule has 1 N–H and O–H groups in total. The summed E-state index contributed by atoms with van der Waals surface area (Å²) in [6, 6.07) is 5.88. The van der Waals surface area contributed by atoms with Crippen LogP contribution in [0.5, 0.6) is 5.75 Å². The Labute approximate surface area is 102 Å². The van der Waals surface area contributed by atoms with Gasteiger partial charge in [-0.3, -0.25) is 0 Å². The van der Waals surface area contributed by atoms with E-state index in [0.717, 1.165) is 24.3 Å². The van der Waals surface area contributed by atoms with Gasteiger partial charge in [-0.05, 0) is 50.3 Å². The number of nitrogens with one attached hydrogen (secondary N) is 1. The van der Waals surface area contributed by atoms with Crippen LogP contribution < -0.4 is 10.1 Å². The van der Waals surface area contributed by atoms with Crippen molar-refractivity contribution in [1.29, 1.82) is 0 Å². The maximum atomic E-state index is 13.9. The van der Waals surface area contributed by atoms with Gasteiger partial charge in [-0.25, -0.2) is 4.39 Å². The Morgan fingerprint density at radius 3 is 2.82 bits per heavy atom. The largest absolute Gasteiger partial charge is 0.494 e. The first-order chi connectivity index (χ1) is 8.26. The van der Waals surface area contributed by atoms with Gasteiger partial charge in [0.25, 0.3) is 0 Å². The Hall–Kier alpha value is -1.09. The molecule has 0 heterocycles. The summed E-state index contributed by atoms with van der Waals surface area (Å²) in [4.78, 5) is 0. The highest BCUT2D eigenvalue weighted by molar-refractivity contribution is 5.31. The van der Waals surface area contributed by atoms with Crippen molar-refractivity contribution in [3.63, 3.8) is 0 Å². The lowest BCUT2D eigenvalue weighted by Crippen LogP contribution is -2.27. The van der Waals surface area contributed by atoms with Crippen molar-refractivity contribution in [3.05, 3.63) is 29.6 Å². The first-order valence-electron chi connectivity index (χ1n) is 6.25. The van der Waals surface area contributed by atoms with Crippen molar-refractivity contribution in [1.82, 2.24) is 5.32 Å². The number of methoxy groups -OCH3 is 1. The van der Waals surface area contributed by atoms with Crippen LogP contribution in [0.15, 0.2) is 18.2 Å². The molecule has 1 fully saturated rings. The van der Waals surface area contributed by atoms with Crippen molar-refractivity contribution >= 4 is 0 Å². The van der Waals surface area contributed by atoms with Crippen molar-refractivity contribution in [2.24, 2.45) is 5.92 Å². The summed E-state index contributed by atoms with van der Waals surface area (Å²) in [5.74, 6) is 0.934. The van der Waals surface area contributed by atoms with E-state index in [1.165, 1.54) is 20.0 Å². The Bertz CT molecular complexity index is 376. The van der Waals surface area contributed by atoms with E-state index in [-0.39, 0.29) is 5.82 Å². The zero-order valence-electron chi connectivity index (χ0n) is 10.5. The lowest BCUT2D eigenvalue weighted by Gasteiger charge is -2.15. The van der Waals surface area contributed by atoms with Crippen LogP contribution in [0.25, 0.3) is 0 Å². The summed E-state index contributed by atoms with van der Waals surface area (Å²) in [5.41, 5.74) is 0.755. The van der Waals surface area contributed by atoms with Crippen LogP contribution in [-0.2, 0) is 6.42 Å². The maximum absolute atomic E-state index is 13.9. The third kappa shape index (κ3) is 2.97. The van der Waals surface area contributed by atoms with E-state index < -0.39 is 0 Å². The third-order valence-electron chi connectivity index (χ3n) is 3.55. The molecule has 2 nitrogen and oxygen atoms in total. The molecule has 0 bridgehead atoms. The number of rotatable bonds is 6. The second-order valence-corrected chi connectivity index (χ2v) is 4.70. The van der Waals surface area contributed by atoms with Crippen LogP contribution in [-0.4, -0.2) is 20.2 Å². The zero-order valence-corrected chi connectivity index (χ0v) is 10.5. The normalized spacial score (nSPS) is 16.9. The fourth-order valence-corrected chi connectivity index (χ4v) is 2.33. The molecule has 0 aliphatic heterocycles. The Balaban J connectivity index is 1.98. The minimum atomic E-state index is -0.208. The molecule has 1 atom stereocenters.